The zero-order valence-electron chi connectivity index (χ0n) is 12.9. The number of hydrogen-bond acceptors (Lipinski definition) is 1. The van der Waals surface area contributed by atoms with Crippen LogP contribution in [-0.4, -0.2) is 11.7 Å². The predicted molar refractivity (Wildman–Crippen MR) is 84.2 cm³/mol. The average Bonchev–Trinajstić information content (AvgIpc) is 2.38. The Morgan fingerprint density at radius 2 is 1.84 bits per heavy atom. The van der Waals surface area contributed by atoms with Gasteiger partial charge < -0.3 is 5.11 Å². The van der Waals surface area contributed by atoms with E-state index in [2.05, 4.69) is 32.9 Å². The summed E-state index contributed by atoms with van der Waals surface area (Å²) >= 11 is 0. The van der Waals surface area contributed by atoms with Crippen LogP contribution in [0.5, 0.6) is 0 Å². The Morgan fingerprint density at radius 1 is 1.16 bits per heavy atom. The van der Waals surface area contributed by atoms with Crippen molar-refractivity contribution in [1.82, 2.24) is 0 Å². The van der Waals surface area contributed by atoms with Gasteiger partial charge in [-0.15, -0.1) is 0 Å². The van der Waals surface area contributed by atoms with Gasteiger partial charge in [-0.1, -0.05) is 34.9 Å². The first kappa shape index (κ1) is 16.2. The molecule has 1 fully saturated rings. The van der Waals surface area contributed by atoms with Gasteiger partial charge in [-0.2, -0.15) is 0 Å². The molecule has 0 amide bonds. The van der Waals surface area contributed by atoms with E-state index in [9.17, 15) is 0 Å². The van der Waals surface area contributed by atoms with Crippen LogP contribution >= 0.6 is 0 Å². The van der Waals surface area contributed by atoms with E-state index in [-0.39, 0.29) is 6.61 Å². The van der Waals surface area contributed by atoms with Gasteiger partial charge in [0, 0.05) is 0 Å². The van der Waals surface area contributed by atoms with Crippen LogP contribution in [0.1, 0.15) is 65.7 Å². The molecular formula is C18H30O. The van der Waals surface area contributed by atoms with Gasteiger partial charge in [0.15, 0.2) is 0 Å². The van der Waals surface area contributed by atoms with Crippen molar-refractivity contribution in [2.45, 2.75) is 65.7 Å². The number of aliphatic hydroxyl groups is 1. The summed E-state index contributed by atoms with van der Waals surface area (Å²) < 4.78 is 0. The molecule has 0 unspecified atom stereocenters. The van der Waals surface area contributed by atoms with Crippen molar-refractivity contribution in [3.05, 3.63) is 34.9 Å². The second-order valence-electron chi connectivity index (χ2n) is 6.09. The molecule has 0 aromatic rings. The molecule has 1 N–H and O–H groups in total. The summed E-state index contributed by atoms with van der Waals surface area (Å²) in [6.45, 7) is 6.80. The standard InChI is InChI=1S/C18H30O/c1-15(2)5-4-6-16(3)7-8-17-9-11-18(12-10-17)13-14-19/h5,7,13,17,19H,4,6,8-12,14H2,1-3H3/b16-7+,18-13?. The molecule has 0 radical (unpaired) electrons. The highest BCUT2D eigenvalue weighted by Gasteiger charge is 2.15. The van der Waals surface area contributed by atoms with Crippen molar-refractivity contribution >= 4 is 0 Å². The molecule has 1 saturated carbocycles. The van der Waals surface area contributed by atoms with E-state index in [4.69, 9.17) is 5.11 Å². The summed E-state index contributed by atoms with van der Waals surface area (Å²) in [5.41, 5.74) is 4.42. The lowest BCUT2D eigenvalue weighted by Gasteiger charge is -2.23. The summed E-state index contributed by atoms with van der Waals surface area (Å²) in [5, 5.41) is 8.89. The molecule has 0 spiro atoms. The third kappa shape index (κ3) is 7.37. The summed E-state index contributed by atoms with van der Waals surface area (Å²) in [6.07, 6.45) is 15.4. The van der Waals surface area contributed by atoms with Crippen molar-refractivity contribution in [2.75, 3.05) is 6.61 Å². The third-order valence-electron chi connectivity index (χ3n) is 4.02. The van der Waals surface area contributed by atoms with Gasteiger partial charge in [-0.25, -0.2) is 0 Å². The fraction of sp³-hybridized carbons (Fsp3) is 0.667. The van der Waals surface area contributed by atoms with E-state index in [1.165, 1.54) is 61.7 Å². The largest absolute Gasteiger partial charge is 0.392 e. The molecule has 0 aromatic carbocycles. The zero-order valence-corrected chi connectivity index (χ0v) is 12.9. The molecule has 1 aliphatic rings. The minimum Gasteiger partial charge on any atom is -0.392 e. The summed E-state index contributed by atoms with van der Waals surface area (Å²) in [6, 6.07) is 0. The highest BCUT2D eigenvalue weighted by Crippen LogP contribution is 2.30. The molecule has 1 aliphatic carbocycles. The van der Waals surface area contributed by atoms with Crippen molar-refractivity contribution in [1.29, 1.82) is 0 Å². The second kappa shape index (κ2) is 9.14. The average molecular weight is 262 g/mol. The highest BCUT2D eigenvalue weighted by molar-refractivity contribution is 5.07. The highest BCUT2D eigenvalue weighted by atomic mass is 16.2. The Bertz CT molecular complexity index is 333. The molecule has 19 heavy (non-hydrogen) atoms. The van der Waals surface area contributed by atoms with Gasteiger partial charge in [0.1, 0.15) is 0 Å². The van der Waals surface area contributed by atoms with Gasteiger partial charge in [0.05, 0.1) is 6.61 Å². The fourth-order valence-electron chi connectivity index (χ4n) is 2.68. The van der Waals surface area contributed by atoms with E-state index in [1.807, 2.05) is 6.08 Å². The second-order valence-corrected chi connectivity index (χ2v) is 6.09. The minimum atomic E-state index is 0.212. The molecule has 1 rings (SSSR count). The maximum absolute atomic E-state index is 8.89. The third-order valence-corrected chi connectivity index (χ3v) is 4.02. The lowest BCUT2D eigenvalue weighted by molar-refractivity contribution is 0.337. The van der Waals surface area contributed by atoms with E-state index < -0.39 is 0 Å². The van der Waals surface area contributed by atoms with E-state index >= 15 is 0 Å². The number of rotatable bonds is 6. The minimum absolute atomic E-state index is 0.212. The molecule has 1 nitrogen and oxygen atoms in total. The number of hydrogen-bond donors (Lipinski definition) is 1. The topological polar surface area (TPSA) is 20.2 Å². The molecule has 1 heteroatoms. The normalized spacial score (nSPS) is 20.3. The van der Waals surface area contributed by atoms with Gasteiger partial charge in [-0.3, -0.25) is 0 Å². The van der Waals surface area contributed by atoms with Gasteiger partial charge >= 0.3 is 0 Å². The lowest BCUT2D eigenvalue weighted by atomic mass is 9.83. The SMILES string of the molecule is CC(C)=CCC/C(C)=C/CC1CCC(=CCO)CC1. The molecular weight excluding hydrogens is 232 g/mol. The predicted octanol–water partition coefficient (Wildman–Crippen LogP) is 5.18. The van der Waals surface area contributed by atoms with Crippen LogP contribution in [0.2, 0.25) is 0 Å². The van der Waals surface area contributed by atoms with Gasteiger partial charge in [0.2, 0.25) is 0 Å². The quantitative estimate of drug-likeness (QED) is 0.654. The first-order valence-corrected chi connectivity index (χ1v) is 7.69. The summed E-state index contributed by atoms with van der Waals surface area (Å²) in [5.74, 6) is 0.856. The van der Waals surface area contributed by atoms with E-state index in [0.717, 1.165) is 5.92 Å². The van der Waals surface area contributed by atoms with Crippen LogP contribution in [0, 0.1) is 5.92 Å². The van der Waals surface area contributed by atoms with Crippen molar-refractivity contribution in [2.24, 2.45) is 5.92 Å². The van der Waals surface area contributed by atoms with E-state index in [1.54, 1.807) is 0 Å². The Balaban J connectivity index is 2.25. The van der Waals surface area contributed by atoms with E-state index in [0.29, 0.717) is 0 Å². The molecule has 0 atom stereocenters. The van der Waals surface area contributed by atoms with Crippen LogP contribution in [0.4, 0.5) is 0 Å². The van der Waals surface area contributed by atoms with Gasteiger partial charge in [0.25, 0.3) is 0 Å². The molecule has 0 aromatic heterocycles. The monoisotopic (exact) mass is 262 g/mol. The first-order valence-electron chi connectivity index (χ1n) is 7.69. The molecule has 0 aliphatic heterocycles. The Kier molecular flexibility index (Phi) is 7.81. The first-order chi connectivity index (χ1) is 9.11. The summed E-state index contributed by atoms with van der Waals surface area (Å²) in [4.78, 5) is 0. The van der Waals surface area contributed by atoms with Crippen LogP contribution in [0.15, 0.2) is 34.9 Å². The smallest absolute Gasteiger partial charge is 0.0615 e. The molecule has 108 valence electrons. The van der Waals surface area contributed by atoms with Crippen LogP contribution in [0.25, 0.3) is 0 Å². The Labute approximate surface area is 119 Å². The maximum Gasteiger partial charge on any atom is 0.0615 e. The number of aliphatic hydroxyl groups excluding tert-OH is 1. The Morgan fingerprint density at radius 3 is 2.42 bits per heavy atom. The fourth-order valence-corrected chi connectivity index (χ4v) is 2.68. The van der Waals surface area contributed by atoms with Crippen molar-refractivity contribution in [3.8, 4) is 0 Å². The van der Waals surface area contributed by atoms with Crippen molar-refractivity contribution < 1.29 is 5.11 Å². The maximum atomic E-state index is 8.89. The van der Waals surface area contributed by atoms with Crippen LogP contribution < -0.4 is 0 Å². The molecule has 0 heterocycles. The van der Waals surface area contributed by atoms with Gasteiger partial charge in [-0.05, 0) is 71.6 Å². The number of allylic oxidation sites excluding steroid dienone is 5. The molecule has 0 saturated heterocycles. The Hall–Kier alpha value is -0.820. The summed E-state index contributed by atoms with van der Waals surface area (Å²) in [7, 11) is 0. The molecule has 0 bridgehead atoms. The van der Waals surface area contributed by atoms with Crippen LogP contribution in [0.3, 0.4) is 0 Å². The van der Waals surface area contributed by atoms with Crippen molar-refractivity contribution in [3.63, 3.8) is 0 Å². The van der Waals surface area contributed by atoms with Crippen LogP contribution in [-0.2, 0) is 0 Å². The lowest BCUT2D eigenvalue weighted by Crippen LogP contribution is -2.07. The zero-order chi connectivity index (χ0) is 14.1.